The molecule has 0 fully saturated rings. The predicted octanol–water partition coefficient (Wildman–Crippen LogP) is 1.03. The van der Waals surface area contributed by atoms with Crippen LogP contribution in [0.1, 0.15) is 16.1 Å². The van der Waals surface area contributed by atoms with Crippen molar-refractivity contribution in [2.75, 3.05) is 5.32 Å². The Bertz CT molecular complexity index is 467. The number of hydrogen-bond donors (Lipinski definition) is 1. The number of nitrogens with zero attached hydrogens (tertiary/aromatic N) is 3. The van der Waals surface area contributed by atoms with Crippen molar-refractivity contribution >= 4 is 11.7 Å². The third-order valence-electron chi connectivity index (χ3n) is 1.84. The molecule has 15 heavy (non-hydrogen) atoms. The van der Waals surface area contributed by atoms with Gasteiger partial charge in [-0.05, 0) is 23.7 Å². The van der Waals surface area contributed by atoms with Crippen LogP contribution in [-0.2, 0) is 0 Å². The molecule has 0 unspecified atom stereocenters. The molecule has 0 bridgehead atoms. The van der Waals surface area contributed by atoms with Gasteiger partial charge in [-0.2, -0.15) is 0 Å². The number of aromatic nitrogens is 3. The van der Waals surface area contributed by atoms with E-state index in [0.29, 0.717) is 5.82 Å². The molecular formula is C9H8N4O2. The molecule has 0 atom stereocenters. The number of carbonyl (C=O) groups is 1. The van der Waals surface area contributed by atoms with Gasteiger partial charge >= 0.3 is 0 Å². The molecule has 0 saturated heterocycles. The average Bonchev–Trinajstić information content (AvgIpc) is 2.74. The smallest absolute Gasteiger partial charge is 0.280 e. The Morgan fingerprint density at radius 3 is 3.07 bits per heavy atom. The summed E-state index contributed by atoms with van der Waals surface area (Å²) in [5, 5.41) is 9.36. The quantitative estimate of drug-likeness (QED) is 0.789. The number of carbonyl (C=O) groups excluding carboxylic acids is 1. The summed E-state index contributed by atoms with van der Waals surface area (Å²) in [4.78, 5) is 15.5. The summed E-state index contributed by atoms with van der Waals surface area (Å²) < 4.78 is 4.32. The van der Waals surface area contributed by atoms with Crippen molar-refractivity contribution in [2.24, 2.45) is 0 Å². The fourth-order valence-electron chi connectivity index (χ4n) is 1.05. The molecule has 2 aromatic rings. The maximum Gasteiger partial charge on any atom is 0.280 e. The highest BCUT2D eigenvalue weighted by atomic mass is 16.6. The molecule has 2 heterocycles. The minimum atomic E-state index is -0.391. The lowest BCUT2D eigenvalue weighted by Gasteiger charge is -2.03. The number of rotatable bonds is 2. The summed E-state index contributed by atoms with van der Waals surface area (Å²) in [5.74, 6) is 0.114. The Balaban J connectivity index is 2.17. The highest BCUT2D eigenvalue weighted by Crippen LogP contribution is 2.09. The molecule has 0 aliphatic rings. The maximum absolute atomic E-state index is 11.5. The van der Waals surface area contributed by atoms with Gasteiger partial charge in [0.05, 0.1) is 0 Å². The molecule has 1 amide bonds. The third kappa shape index (κ3) is 1.98. The number of aryl methyl sites for hydroxylation is 1. The lowest BCUT2D eigenvalue weighted by atomic mass is 10.3. The van der Waals surface area contributed by atoms with Crippen LogP contribution in [0.25, 0.3) is 0 Å². The van der Waals surface area contributed by atoms with Crippen LogP contribution in [0.15, 0.2) is 29.2 Å². The SMILES string of the molecule is Cc1cccnc1NC(=O)c1cnon1. The fourth-order valence-corrected chi connectivity index (χ4v) is 1.05. The van der Waals surface area contributed by atoms with Crippen LogP contribution in [0, 0.1) is 6.92 Å². The van der Waals surface area contributed by atoms with Crippen molar-refractivity contribution in [1.29, 1.82) is 0 Å². The van der Waals surface area contributed by atoms with Crippen LogP contribution in [0.5, 0.6) is 0 Å². The first-order chi connectivity index (χ1) is 7.27. The van der Waals surface area contributed by atoms with E-state index in [0.717, 1.165) is 5.56 Å². The second kappa shape index (κ2) is 3.87. The van der Waals surface area contributed by atoms with Crippen LogP contribution in [0.2, 0.25) is 0 Å². The molecule has 6 nitrogen and oxygen atoms in total. The molecular weight excluding hydrogens is 196 g/mol. The third-order valence-corrected chi connectivity index (χ3v) is 1.84. The highest BCUT2D eigenvalue weighted by Gasteiger charge is 2.11. The van der Waals surface area contributed by atoms with Crippen LogP contribution < -0.4 is 5.32 Å². The van der Waals surface area contributed by atoms with Crippen molar-refractivity contribution in [1.82, 2.24) is 15.3 Å². The van der Waals surface area contributed by atoms with Gasteiger partial charge < -0.3 is 5.32 Å². The van der Waals surface area contributed by atoms with Gasteiger partial charge in [-0.3, -0.25) is 4.79 Å². The van der Waals surface area contributed by atoms with Crippen molar-refractivity contribution in [3.63, 3.8) is 0 Å². The lowest BCUT2D eigenvalue weighted by Crippen LogP contribution is -2.14. The molecule has 0 aromatic carbocycles. The average molecular weight is 204 g/mol. The van der Waals surface area contributed by atoms with Crippen LogP contribution in [-0.4, -0.2) is 21.2 Å². The molecule has 0 aliphatic carbocycles. The van der Waals surface area contributed by atoms with Gasteiger partial charge in [0.15, 0.2) is 5.69 Å². The molecule has 0 spiro atoms. The van der Waals surface area contributed by atoms with E-state index in [-0.39, 0.29) is 5.69 Å². The van der Waals surface area contributed by atoms with E-state index in [1.807, 2.05) is 13.0 Å². The van der Waals surface area contributed by atoms with Gasteiger partial charge in [0, 0.05) is 6.20 Å². The predicted molar refractivity (Wildman–Crippen MR) is 51.2 cm³/mol. The van der Waals surface area contributed by atoms with Crippen molar-refractivity contribution in [3.8, 4) is 0 Å². The van der Waals surface area contributed by atoms with Gasteiger partial charge in [0.25, 0.3) is 5.91 Å². The molecule has 0 saturated carbocycles. The minimum Gasteiger partial charge on any atom is -0.305 e. The first-order valence-corrected chi connectivity index (χ1v) is 4.28. The number of anilines is 1. The largest absolute Gasteiger partial charge is 0.305 e. The number of pyridine rings is 1. The molecule has 1 N–H and O–H groups in total. The van der Waals surface area contributed by atoms with Crippen LogP contribution in [0.3, 0.4) is 0 Å². The van der Waals surface area contributed by atoms with E-state index < -0.39 is 5.91 Å². The summed E-state index contributed by atoms with van der Waals surface area (Å²) in [6.45, 7) is 1.85. The Hall–Kier alpha value is -2.24. The second-order valence-electron chi connectivity index (χ2n) is 2.92. The van der Waals surface area contributed by atoms with Gasteiger partial charge in [0.2, 0.25) is 0 Å². The van der Waals surface area contributed by atoms with Crippen LogP contribution in [0.4, 0.5) is 5.82 Å². The highest BCUT2D eigenvalue weighted by molar-refractivity contribution is 6.02. The summed E-state index contributed by atoms with van der Waals surface area (Å²) in [5.41, 5.74) is 1.00. The Morgan fingerprint density at radius 1 is 1.53 bits per heavy atom. The van der Waals surface area contributed by atoms with E-state index in [1.54, 1.807) is 12.3 Å². The Labute approximate surface area is 85.3 Å². The van der Waals surface area contributed by atoms with E-state index in [4.69, 9.17) is 0 Å². The van der Waals surface area contributed by atoms with Crippen molar-refractivity contribution in [3.05, 3.63) is 35.8 Å². The van der Waals surface area contributed by atoms with E-state index in [2.05, 4.69) is 25.2 Å². The molecule has 6 heteroatoms. The maximum atomic E-state index is 11.5. The summed E-state index contributed by atoms with van der Waals surface area (Å²) in [6, 6.07) is 3.65. The fraction of sp³-hybridized carbons (Fsp3) is 0.111. The zero-order valence-corrected chi connectivity index (χ0v) is 7.97. The van der Waals surface area contributed by atoms with Gasteiger partial charge in [-0.15, -0.1) is 0 Å². The Morgan fingerprint density at radius 2 is 2.40 bits per heavy atom. The van der Waals surface area contributed by atoms with Crippen LogP contribution >= 0.6 is 0 Å². The first-order valence-electron chi connectivity index (χ1n) is 4.28. The summed E-state index contributed by atoms with van der Waals surface area (Å²) in [6.07, 6.45) is 2.84. The first kappa shape index (κ1) is 9.32. The zero-order valence-electron chi connectivity index (χ0n) is 7.97. The number of hydrogen-bond acceptors (Lipinski definition) is 5. The number of nitrogens with one attached hydrogen (secondary N) is 1. The van der Waals surface area contributed by atoms with E-state index in [9.17, 15) is 4.79 Å². The zero-order chi connectivity index (χ0) is 10.7. The second-order valence-corrected chi connectivity index (χ2v) is 2.92. The monoisotopic (exact) mass is 204 g/mol. The number of amides is 1. The Kier molecular flexibility index (Phi) is 2.40. The topological polar surface area (TPSA) is 80.9 Å². The standard InChI is InChI=1S/C9H8N4O2/c1-6-3-2-4-10-8(6)12-9(14)7-5-11-15-13-7/h2-5H,1H3,(H,10,12,14). The van der Waals surface area contributed by atoms with Gasteiger partial charge in [0.1, 0.15) is 12.0 Å². The normalized spacial score (nSPS) is 9.93. The lowest BCUT2D eigenvalue weighted by molar-refractivity contribution is 0.101. The molecule has 76 valence electrons. The van der Waals surface area contributed by atoms with Crippen molar-refractivity contribution < 1.29 is 9.42 Å². The molecule has 2 aromatic heterocycles. The molecule has 0 aliphatic heterocycles. The minimum absolute atomic E-state index is 0.125. The van der Waals surface area contributed by atoms with E-state index >= 15 is 0 Å². The van der Waals surface area contributed by atoms with Gasteiger partial charge in [-0.1, -0.05) is 11.2 Å². The van der Waals surface area contributed by atoms with Crippen molar-refractivity contribution in [2.45, 2.75) is 6.92 Å². The van der Waals surface area contributed by atoms with E-state index in [1.165, 1.54) is 6.20 Å². The van der Waals surface area contributed by atoms with Gasteiger partial charge in [-0.25, -0.2) is 9.61 Å². The molecule has 0 radical (unpaired) electrons. The molecule has 2 rings (SSSR count). The summed E-state index contributed by atoms with van der Waals surface area (Å²) in [7, 11) is 0. The summed E-state index contributed by atoms with van der Waals surface area (Å²) >= 11 is 0.